The molecule has 6 heteroatoms. The van der Waals surface area contributed by atoms with Crippen LogP contribution in [-0.2, 0) is 28.1 Å². The fourth-order valence-electron chi connectivity index (χ4n) is 4.65. The lowest BCUT2D eigenvalue weighted by Gasteiger charge is -2.33. The van der Waals surface area contributed by atoms with Crippen LogP contribution in [-0.4, -0.2) is 42.2 Å². The van der Waals surface area contributed by atoms with Crippen LogP contribution in [0.1, 0.15) is 35.1 Å². The van der Waals surface area contributed by atoms with Gasteiger partial charge in [0.2, 0.25) is 5.60 Å². The number of nitrogens with zero attached hydrogens (tertiary/aromatic N) is 1. The van der Waals surface area contributed by atoms with Gasteiger partial charge in [-0.25, -0.2) is 4.79 Å². The van der Waals surface area contributed by atoms with Crippen molar-refractivity contribution >= 4 is 18.4 Å². The van der Waals surface area contributed by atoms with Crippen LogP contribution in [0.2, 0.25) is 0 Å². The van der Waals surface area contributed by atoms with Crippen molar-refractivity contribution < 1.29 is 14.6 Å². The third-order valence-electron chi connectivity index (χ3n) is 6.67. The van der Waals surface area contributed by atoms with Gasteiger partial charge >= 0.3 is 5.97 Å². The third kappa shape index (κ3) is 6.71. The molecule has 1 fully saturated rings. The first-order valence-electron chi connectivity index (χ1n) is 12.1. The largest absolute Gasteiger partial charge is 0.463 e. The molecule has 1 saturated heterocycles. The molecular formula is C29H35ClN2O3. The van der Waals surface area contributed by atoms with E-state index in [1.165, 1.54) is 5.56 Å². The van der Waals surface area contributed by atoms with Gasteiger partial charge in [0.25, 0.3) is 0 Å². The average molecular weight is 495 g/mol. The molecule has 3 N–H and O–H groups in total. The topological polar surface area (TPSA) is 75.8 Å². The van der Waals surface area contributed by atoms with E-state index in [2.05, 4.69) is 29.2 Å². The fourth-order valence-corrected chi connectivity index (χ4v) is 4.65. The van der Waals surface area contributed by atoms with E-state index in [1.54, 1.807) is 18.2 Å². The molecule has 0 bridgehead atoms. The smallest absolute Gasteiger partial charge is 0.347 e. The molecule has 0 amide bonds. The third-order valence-corrected chi connectivity index (χ3v) is 6.67. The van der Waals surface area contributed by atoms with Crippen molar-refractivity contribution in [3.63, 3.8) is 0 Å². The number of esters is 1. The normalized spacial score (nSPS) is 16.2. The number of nitrogens with two attached hydrogens (primary N) is 1. The van der Waals surface area contributed by atoms with E-state index in [4.69, 9.17) is 10.5 Å². The molecule has 1 heterocycles. The average Bonchev–Trinajstić information content (AvgIpc) is 2.89. The zero-order valence-corrected chi connectivity index (χ0v) is 20.8. The molecule has 1 aliphatic rings. The summed E-state index contributed by atoms with van der Waals surface area (Å²) in [4.78, 5) is 15.8. The molecular weight excluding hydrogens is 460 g/mol. The highest BCUT2D eigenvalue weighted by Crippen LogP contribution is 2.32. The van der Waals surface area contributed by atoms with Crippen molar-refractivity contribution in [2.45, 2.75) is 31.4 Å². The first-order valence-corrected chi connectivity index (χ1v) is 12.1. The van der Waals surface area contributed by atoms with Crippen molar-refractivity contribution in [2.75, 3.05) is 26.2 Å². The molecule has 0 aromatic heterocycles. The number of carbonyl (C=O) groups excluding carboxylic acids is 1. The number of halogens is 1. The van der Waals surface area contributed by atoms with E-state index in [0.29, 0.717) is 36.6 Å². The summed E-state index contributed by atoms with van der Waals surface area (Å²) in [6, 6.07) is 26.9. The molecule has 0 radical (unpaired) electrons. The minimum absolute atomic E-state index is 0. The molecule has 1 unspecified atom stereocenters. The lowest BCUT2D eigenvalue weighted by atomic mass is 9.85. The molecule has 5 nitrogen and oxygen atoms in total. The van der Waals surface area contributed by atoms with Gasteiger partial charge in [-0.2, -0.15) is 0 Å². The van der Waals surface area contributed by atoms with Gasteiger partial charge in [0.15, 0.2) is 0 Å². The summed E-state index contributed by atoms with van der Waals surface area (Å²) in [7, 11) is 0. The van der Waals surface area contributed by atoms with Gasteiger partial charge < -0.3 is 15.6 Å². The van der Waals surface area contributed by atoms with E-state index in [-0.39, 0.29) is 12.4 Å². The Morgan fingerprint density at radius 2 is 1.51 bits per heavy atom. The van der Waals surface area contributed by atoms with E-state index in [0.717, 1.165) is 38.0 Å². The Bertz CT molecular complexity index is 1060. The van der Waals surface area contributed by atoms with Crippen LogP contribution in [0.3, 0.4) is 0 Å². The van der Waals surface area contributed by atoms with Crippen LogP contribution in [0, 0.1) is 5.92 Å². The number of benzene rings is 3. The second-order valence-electron chi connectivity index (χ2n) is 9.12. The van der Waals surface area contributed by atoms with Crippen LogP contribution in [0.4, 0.5) is 0 Å². The van der Waals surface area contributed by atoms with Crippen LogP contribution < -0.4 is 5.73 Å². The summed E-state index contributed by atoms with van der Waals surface area (Å²) in [6.07, 6.45) is 2.61. The predicted octanol–water partition coefficient (Wildman–Crippen LogP) is 4.30. The van der Waals surface area contributed by atoms with Gasteiger partial charge in [0, 0.05) is 6.54 Å². The van der Waals surface area contributed by atoms with Crippen LogP contribution in [0.15, 0.2) is 84.9 Å². The number of aliphatic hydroxyl groups is 1. The molecule has 186 valence electrons. The molecule has 0 saturated carbocycles. The Morgan fingerprint density at radius 1 is 0.914 bits per heavy atom. The second kappa shape index (κ2) is 12.8. The Labute approximate surface area is 214 Å². The maximum atomic E-state index is 13.4. The monoisotopic (exact) mass is 494 g/mol. The number of hydrogen-bond acceptors (Lipinski definition) is 5. The lowest BCUT2D eigenvalue weighted by molar-refractivity contribution is -0.164. The Hall–Kier alpha value is -2.70. The Morgan fingerprint density at radius 3 is 2.17 bits per heavy atom. The van der Waals surface area contributed by atoms with Crippen molar-refractivity contribution in [2.24, 2.45) is 11.7 Å². The minimum atomic E-state index is -1.86. The summed E-state index contributed by atoms with van der Waals surface area (Å²) in [5.41, 5.74) is 7.16. The highest BCUT2D eigenvalue weighted by molar-refractivity contribution is 5.86. The predicted molar refractivity (Wildman–Crippen MR) is 141 cm³/mol. The summed E-state index contributed by atoms with van der Waals surface area (Å²) in [6.45, 7) is 3.71. The summed E-state index contributed by atoms with van der Waals surface area (Å²) >= 11 is 0. The molecule has 3 aromatic rings. The summed E-state index contributed by atoms with van der Waals surface area (Å²) < 4.78 is 5.78. The van der Waals surface area contributed by atoms with Crippen molar-refractivity contribution in [3.8, 4) is 0 Å². The number of likely N-dealkylation sites (tertiary alicyclic amines) is 1. The standard InChI is InChI=1S/C29H34N2O3.ClH/c30-17-14-23-10-7-13-27(20-23)29(33,26-11-5-2-6-12-26)28(32)34-22-25-15-18-31(19-16-25)21-24-8-3-1-4-9-24;/h1-13,20,25,33H,14-19,21-22,30H2;1H. The number of ether oxygens (including phenoxy) is 1. The zero-order chi connectivity index (χ0) is 23.8. The van der Waals surface area contributed by atoms with Crippen LogP contribution >= 0.6 is 12.4 Å². The molecule has 4 rings (SSSR count). The number of hydrogen-bond donors (Lipinski definition) is 2. The molecule has 0 spiro atoms. The van der Waals surface area contributed by atoms with E-state index in [9.17, 15) is 9.90 Å². The molecule has 1 atom stereocenters. The van der Waals surface area contributed by atoms with Gasteiger partial charge in [-0.05, 0) is 67.1 Å². The zero-order valence-electron chi connectivity index (χ0n) is 20.0. The number of carbonyl (C=O) groups is 1. The molecule has 3 aromatic carbocycles. The number of rotatable bonds is 9. The van der Waals surface area contributed by atoms with Crippen molar-refractivity contribution in [1.29, 1.82) is 0 Å². The number of piperidine rings is 1. The Balaban J connectivity index is 0.00000342. The van der Waals surface area contributed by atoms with Gasteiger partial charge in [0.1, 0.15) is 0 Å². The summed E-state index contributed by atoms with van der Waals surface area (Å²) in [5, 5.41) is 11.7. The van der Waals surface area contributed by atoms with Gasteiger partial charge in [-0.3, -0.25) is 4.90 Å². The minimum Gasteiger partial charge on any atom is -0.463 e. The summed E-state index contributed by atoms with van der Waals surface area (Å²) in [5.74, 6) is -0.338. The first-order chi connectivity index (χ1) is 16.6. The quantitative estimate of drug-likeness (QED) is 0.434. The molecule has 35 heavy (non-hydrogen) atoms. The maximum Gasteiger partial charge on any atom is 0.347 e. The van der Waals surface area contributed by atoms with Gasteiger partial charge in [-0.1, -0.05) is 84.9 Å². The second-order valence-corrected chi connectivity index (χ2v) is 9.12. The fraction of sp³-hybridized carbons (Fsp3) is 0.345. The van der Waals surface area contributed by atoms with Crippen LogP contribution in [0.25, 0.3) is 0 Å². The lowest BCUT2D eigenvalue weighted by Crippen LogP contribution is -2.40. The van der Waals surface area contributed by atoms with E-state index < -0.39 is 11.6 Å². The van der Waals surface area contributed by atoms with Crippen LogP contribution in [0.5, 0.6) is 0 Å². The highest BCUT2D eigenvalue weighted by atomic mass is 35.5. The van der Waals surface area contributed by atoms with Crippen molar-refractivity contribution in [1.82, 2.24) is 4.90 Å². The van der Waals surface area contributed by atoms with Gasteiger partial charge in [0.05, 0.1) is 6.61 Å². The molecule has 1 aliphatic heterocycles. The first kappa shape index (κ1) is 26.9. The SMILES string of the molecule is Cl.NCCc1cccc(C(O)(C(=O)OCC2CCN(Cc3ccccc3)CC2)c2ccccc2)c1. The molecule has 0 aliphatic carbocycles. The van der Waals surface area contributed by atoms with Gasteiger partial charge in [-0.15, -0.1) is 12.4 Å². The van der Waals surface area contributed by atoms with Crippen molar-refractivity contribution in [3.05, 3.63) is 107 Å². The van der Waals surface area contributed by atoms with E-state index >= 15 is 0 Å². The Kier molecular flexibility index (Phi) is 9.87. The highest BCUT2D eigenvalue weighted by Gasteiger charge is 2.42. The van der Waals surface area contributed by atoms with E-state index in [1.807, 2.05) is 42.5 Å². The maximum absolute atomic E-state index is 13.4.